The maximum Gasteiger partial charge on any atom is 0.301 e. The molecule has 3 aromatic carbocycles. The number of rotatable bonds is 12. The zero-order valence-electron chi connectivity index (χ0n) is 24.0. The molecule has 42 heavy (non-hydrogen) atoms. The predicted octanol–water partition coefficient (Wildman–Crippen LogP) is 7.29. The van der Waals surface area contributed by atoms with Crippen molar-refractivity contribution in [3.05, 3.63) is 83.4 Å². The van der Waals surface area contributed by atoms with Crippen LogP contribution in [0.4, 0.5) is 5.13 Å². The fourth-order valence-corrected chi connectivity index (χ4v) is 5.97. The van der Waals surface area contributed by atoms with Gasteiger partial charge in [0, 0.05) is 5.56 Å². The van der Waals surface area contributed by atoms with Gasteiger partial charge in [0.25, 0.3) is 5.78 Å². The minimum absolute atomic E-state index is 0.0124. The van der Waals surface area contributed by atoms with Gasteiger partial charge >= 0.3 is 5.91 Å². The van der Waals surface area contributed by atoms with Crippen molar-refractivity contribution in [2.24, 2.45) is 0 Å². The Kier molecular flexibility index (Phi) is 9.07. The average Bonchev–Trinajstić information content (AvgIpc) is 3.53. The molecule has 1 amide bonds. The van der Waals surface area contributed by atoms with Crippen LogP contribution in [-0.2, 0) is 9.59 Å². The van der Waals surface area contributed by atoms with Gasteiger partial charge in [-0.1, -0.05) is 43.2 Å². The van der Waals surface area contributed by atoms with Crippen LogP contribution < -0.4 is 19.1 Å². The number of benzene rings is 3. The summed E-state index contributed by atoms with van der Waals surface area (Å²) in [5.41, 5.74) is 1.70. The molecule has 9 heteroatoms. The molecule has 1 N–H and O–H groups in total. The minimum atomic E-state index is -0.914. The quantitative estimate of drug-likeness (QED) is 0.0806. The smallest absolute Gasteiger partial charge is 0.301 e. The van der Waals surface area contributed by atoms with Crippen LogP contribution in [0.5, 0.6) is 17.2 Å². The SMILES string of the molecule is CCCCCOc1cccc(C2/C(=C(\O)c3ccc(OCC)cc3)C(=O)C(=O)N2c2nc3ccc(OCC)cc3s2)c1. The molecule has 5 rings (SSSR count). The number of carbonyl (C=O) groups excluding carboxylic acids is 2. The predicted molar refractivity (Wildman–Crippen MR) is 165 cm³/mol. The molecule has 1 aliphatic heterocycles. The van der Waals surface area contributed by atoms with Crippen molar-refractivity contribution >= 4 is 44.1 Å². The summed E-state index contributed by atoms with van der Waals surface area (Å²) >= 11 is 1.29. The molecule has 1 aliphatic rings. The molecule has 0 radical (unpaired) electrons. The van der Waals surface area contributed by atoms with E-state index in [-0.39, 0.29) is 11.3 Å². The molecule has 1 unspecified atom stereocenters. The lowest BCUT2D eigenvalue weighted by Gasteiger charge is -2.23. The first-order valence-corrected chi connectivity index (χ1v) is 15.1. The Hall–Kier alpha value is -4.37. The Morgan fingerprint density at radius 2 is 1.60 bits per heavy atom. The number of nitrogens with zero attached hydrogens (tertiary/aromatic N) is 2. The Bertz CT molecular complexity index is 1610. The van der Waals surface area contributed by atoms with Gasteiger partial charge in [-0.25, -0.2) is 4.98 Å². The van der Waals surface area contributed by atoms with Crippen LogP contribution in [0.3, 0.4) is 0 Å². The molecule has 0 spiro atoms. The number of carbonyl (C=O) groups is 2. The summed E-state index contributed by atoms with van der Waals surface area (Å²) in [4.78, 5) is 33.4. The number of aromatic nitrogens is 1. The highest BCUT2D eigenvalue weighted by molar-refractivity contribution is 7.22. The number of amides is 1. The molecule has 1 aromatic heterocycles. The van der Waals surface area contributed by atoms with E-state index < -0.39 is 17.7 Å². The van der Waals surface area contributed by atoms with Gasteiger partial charge < -0.3 is 19.3 Å². The normalized spacial score (nSPS) is 16.3. The lowest BCUT2D eigenvalue weighted by atomic mass is 9.95. The number of unbranched alkanes of at least 4 members (excludes halogenated alkanes) is 2. The first-order valence-electron chi connectivity index (χ1n) is 14.3. The van der Waals surface area contributed by atoms with Crippen LogP contribution in [0.25, 0.3) is 16.0 Å². The van der Waals surface area contributed by atoms with E-state index in [2.05, 4.69) is 6.92 Å². The topological polar surface area (TPSA) is 98.2 Å². The maximum absolute atomic E-state index is 13.7. The first-order chi connectivity index (χ1) is 20.4. The molecule has 218 valence electrons. The molecule has 0 aliphatic carbocycles. The van der Waals surface area contributed by atoms with Crippen LogP contribution in [0, 0.1) is 0 Å². The second-order valence-corrected chi connectivity index (χ2v) is 10.8. The number of ether oxygens (including phenoxy) is 3. The fourth-order valence-electron chi connectivity index (χ4n) is 4.95. The van der Waals surface area contributed by atoms with E-state index in [1.54, 1.807) is 24.3 Å². The Morgan fingerprint density at radius 1 is 0.881 bits per heavy atom. The van der Waals surface area contributed by atoms with Crippen molar-refractivity contribution in [2.45, 2.75) is 46.1 Å². The third-order valence-corrected chi connectivity index (χ3v) is 7.96. The molecule has 8 nitrogen and oxygen atoms in total. The van der Waals surface area contributed by atoms with Gasteiger partial charge in [-0.05, 0) is 80.4 Å². The largest absolute Gasteiger partial charge is 0.507 e. The second kappa shape index (κ2) is 13.1. The third kappa shape index (κ3) is 5.97. The highest BCUT2D eigenvalue weighted by Crippen LogP contribution is 2.45. The van der Waals surface area contributed by atoms with Gasteiger partial charge in [0.05, 0.1) is 41.7 Å². The van der Waals surface area contributed by atoms with Gasteiger partial charge in [-0.15, -0.1) is 0 Å². The molecular formula is C33H34N2O6S. The van der Waals surface area contributed by atoms with Crippen molar-refractivity contribution < 1.29 is 28.9 Å². The van der Waals surface area contributed by atoms with E-state index >= 15 is 0 Å². The number of ketones is 1. The molecule has 1 atom stereocenters. The Labute approximate surface area is 249 Å². The summed E-state index contributed by atoms with van der Waals surface area (Å²) in [5, 5.41) is 11.9. The lowest BCUT2D eigenvalue weighted by molar-refractivity contribution is -0.132. The van der Waals surface area contributed by atoms with Crippen molar-refractivity contribution in [3.63, 3.8) is 0 Å². The summed E-state index contributed by atoms with van der Waals surface area (Å²) in [6.07, 6.45) is 3.06. The fraction of sp³-hybridized carbons (Fsp3) is 0.303. The molecule has 1 saturated heterocycles. The molecular weight excluding hydrogens is 552 g/mol. The zero-order chi connectivity index (χ0) is 29.6. The van der Waals surface area contributed by atoms with Crippen LogP contribution in [0.15, 0.2) is 72.3 Å². The number of anilines is 1. The van der Waals surface area contributed by atoms with Gasteiger partial charge in [-0.3, -0.25) is 14.5 Å². The minimum Gasteiger partial charge on any atom is -0.507 e. The number of thiazole rings is 1. The van der Waals surface area contributed by atoms with Gasteiger partial charge in [0.1, 0.15) is 23.0 Å². The third-order valence-electron chi connectivity index (χ3n) is 6.94. The molecule has 2 heterocycles. The number of aliphatic hydroxyl groups excluding tert-OH is 1. The maximum atomic E-state index is 13.7. The first kappa shape index (κ1) is 29.1. The highest BCUT2D eigenvalue weighted by atomic mass is 32.1. The number of Topliss-reactive ketones (excluding diaryl/α,β-unsaturated/α-hetero) is 1. The summed E-state index contributed by atoms with van der Waals surface area (Å²) in [6, 6.07) is 18.7. The standard InChI is InChI=1S/C33H34N2O6S/c1-4-7-8-18-41-24-11-9-10-22(19-24)29-28(30(36)21-12-14-23(15-13-21)39-5-2)31(37)32(38)35(29)33-34-26-17-16-25(40-6-3)20-27(26)42-33/h9-17,19-20,29,36H,4-8,18H2,1-3H3/b30-28+. The van der Waals surface area contributed by atoms with Crippen LogP contribution in [0.2, 0.25) is 0 Å². The lowest BCUT2D eigenvalue weighted by Crippen LogP contribution is -2.29. The Morgan fingerprint density at radius 3 is 2.33 bits per heavy atom. The van der Waals surface area contributed by atoms with Crippen molar-refractivity contribution in [1.82, 2.24) is 4.98 Å². The van der Waals surface area contributed by atoms with E-state index in [4.69, 9.17) is 19.2 Å². The van der Waals surface area contributed by atoms with Gasteiger partial charge in [0.2, 0.25) is 0 Å². The average molecular weight is 587 g/mol. The van der Waals surface area contributed by atoms with E-state index in [0.717, 1.165) is 24.0 Å². The molecule has 0 saturated carbocycles. The van der Waals surface area contributed by atoms with Crippen LogP contribution in [-0.4, -0.2) is 41.6 Å². The molecule has 4 aromatic rings. The summed E-state index contributed by atoms with van der Waals surface area (Å²) < 4.78 is 18.0. The van der Waals surface area contributed by atoms with E-state index in [1.165, 1.54) is 16.2 Å². The van der Waals surface area contributed by atoms with Crippen molar-refractivity contribution in [3.8, 4) is 17.2 Å². The summed E-state index contributed by atoms with van der Waals surface area (Å²) in [5.74, 6) is 0.154. The number of hydrogen-bond acceptors (Lipinski definition) is 8. The number of aliphatic hydroxyl groups is 1. The zero-order valence-corrected chi connectivity index (χ0v) is 24.8. The number of hydrogen-bond donors (Lipinski definition) is 1. The van der Waals surface area contributed by atoms with Crippen LogP contribution >= 0.6 is 11.3 Å². The van der Waals surface area contributed by atoms with E-state index in [9.17, 15) is 14.7 Å². The number of fused-ring (bicyclic) bond motifs is 1. The highest BCUT2D eigenvalue weighted by Gasteiger charge is 2.48. The molecule has 0 bridgehead atoms. The van der Waals surface area contributed by atoms with E-state index in [0.29, 0.717) is 58.8 Å². The summed E-state index contributed by atoms with van der Waals surface area (Å²) in [7, 11) is 0. The van der Waals surface area contributed by atoms with E-state index in [1.807, 2.05) is 56.3 Å². The van der Waals surface area contributed by atoms with Crippen molar-refractivity contribution in [1.29, 1.82) is 0 Å². The van der Waals surface area contributed by atoms with Gasteiger partial charge in [-0.2, -0.15) is 0 Å². The van der Waals surface area contributed by atoms with Crippen molar-refractivity contribution in [2.75, 3.05) is 24.7 Å². The summed E-state index contributed by atoms with van der Waals surface area (Å²) in [6.45, 7) is 7.51. The monoisotopic (exact) mass is 586 g/mol. The van der Waals surface area contributed by atoms with Gasteiger partial charge in [0.15, 0.2) is 5.13 Å². The second-order valence-electron chi connectivity index (χ2n) is 9.81. The molecule has 1 fully saturated rings. The Balaban J connectivity index is 1.61. The van der Waals surface area contributed by atoms with Crippen LogP contribution in [0.1, 0.15) is 57.2 Å².